The molecule has 3 rings (SSSR count). The van der Waals surface area contributed by atoms with Crippen molar-refractivity contribution in [2.75, 3.05) is 0 Å². The highest BCUT2D eigenvalue weighted by atomic mass is 35.5. The highest BCUT2D eigenvalue weighted by Gasteiger charge is 2.19. The number of nitrogens with zero attached hydrogens (tertiary/aromatic N) is 1. The Balaban J connectivity index is 2.17. The molecule has 0 saturated carbocycles. The summed E-state index contributed by atoms with van der Waals surface area (Å²) in [6.45, 7) is 0. The van der Waals surface area contributed by atoms with Crippen LogP contribution in [0.25, 0.3) is 22.6 Å². The third kappa shape index (κ3) is 2.87. The normalized spacial score (nSPS) is 10.6. The summed E-state index contributed by atoms with van der Waals surface area (Å²) in [6, 6.07) is 16.7. The van der Waals surface area contributed by atoms with Crippen molar-refractivity contribution in [3.05, 3.63) is 65.5 Å². The van der Waals surface area contributed by atoms with Crippen LogP contribution in [0.5, 0.6) is 0 Å². The number of aromatic nitrogens is 1. The minimum absolute atomic E-state index is 0.154. The second-order valence-electron chi connectivity index (χ2n) is 4.70. The Hall–Kier alpha value is -2.59. The van der Waals surface area contributed by atoms with Crippen LogP contribution in [0, 0.1) is 0 Å². The number of carboxylic acid groups (broad SMARTS) is 1. The lowest BCUT2D eigenvalue weighted by Gasteiger charge is -2.03. The van der Waals surface area contributed by atoms with Crippen molar-refractivity contribution in [2.24, 2.45) is 0 Å². The fourth-order valence-electron chi connectivity index (χ4n) is 2.19. The first kappa shape index (κ1) is 14.4. The summed E-state index contributed by atoms with van der Waals surface area (Å²) < 4.78 is 5.67. The third-order valence-electron chi connectivity index (χ3n) is 3.14. The summed E-state index contributed by atoms with van der Waals surface area (Å²) in [7, 11) is 0. The maximum atomic E-state index is 10.9. The predicted molar refractivity (Wildman–Crippen MR) is 83.7 cm³/mol. The molecule has 0 atom stereocenters. The Morgan fingerprint density at radius 3 is 2.45 bits per heavy atom. The minimum atomic E-state index is -0.994. The van der Waals surface area contributed by atoms with E-state index in [2.05, 4.69) is 4.98 Å². The maximum absolute atomic E-state index is 10.9. The highest BCUT2D eigenvalue weighted by molar-refractivity contribution is 6.33. The van der Waals surface area contributed by atoms with Crippen molar-refractivity contribution in [2.45, 2.75) is 6.42 Å². The minimum Gasteiger partial charge on any atom is -0.481 e. The molecule has 0 bridgehead atoms. The van der Waals surface area contributed by atoms with Gasteiger partial charge in [0.1, 0.15) is 12.1 Å². The van der Waals surface area contributed by atoms with Gasteiger partial charge >= 0.3 is 5.97 Å². The molecular formula is C17H12ClNO3. The maximum Gasteiger partial charge on any atom is 0.312 e. The first-order valence-corrected chi connectivity index (χ1v) is 7.05. The Morgan fingerprint density at radius 1 is 1.09 bits per heavy atom. The molecule has 1 heterocycles. The van der Waals surface area contributed by atoms with Crippen LogP contribution in [-0.4, -0.2) is 16.1 Å². The van der Waals surface area contributed by atoms with E-state index >= 15 is 0 Å². The Kier molecular flexibility index (Phi) is 3.94. The fourth-order valence-corrected chi connectivity index (χ4v) is 2.41. The van der Waals surface area contributed by atoms with Crippen LogP contribution >= 0.6 is 11.6 Å². The number of benzene rings is 2. The van der Waals surface area contributed by atoms with Crippen LogP contribution in [-0.2, 0) is 11.2 Å². The van der Waals surface area contributed by atoms with Gasteiger partial charge in [0.2, 0.25) is 5.89 Å². The second-order valence-corrected chi connectivity index (χ2v) is 5.11. The van der Waals surface area contributed by atoms with Gasteiger partial charge in [0.25, 0.3) is 0 Å². The number of halogens is 1. The van der Waals surface area contributed by atoms with Crippen molar-refractivity contribution < 1.29 is 14.3 Å². The largest absolute Gasteiger partial charge is 0.481 e. The number of oxazole rings is 1. The standard InChI is InChI=1S/C17H12ClNO3/c18-13-9-5-4-8-12(13)17-16(11-6-2-1-3-7-11)19-14(22-17)10-15(20)21/h1-9H,10H2,(H,20,21). The van der Waals surface area contributed by atoms with E-state index in [9.17, 15) is 4.79 Å². The summed E-state index contributed by atoms with van der Waals surface area (Å²) >= 11 is 6.23. The van der Waals surface area contributed by atoms with Crippen LogP contribution in [0.15, 0.2) is 59.0 Å². The molecule has 0 aliphatic heterocycles. The van der Waals surface area contributed by atoms with E-state index in [1.807, 2.05) is 48.5 Å². The topological polar surface area (TPSA) is 63.3 Å². The van der Waals surface area contributed by atoms with Gasteiger partial charge in [-0.05, 0) is 12.1 Å². The van der Waals surface area contributed by atoms with Crippen molar-refractivity contribution in [1.29, 1.82) is 0 Å². The third-order valence-corrected chi connectivity index (χ3v) is 3.47. The Morgan fingerprint density at radius 2 is 1.77 bits per heavy atom. The molecule has 0 aliphatic rings. The van der Waals surface area contributed by atoms with Crippen LogP contribution in [0.2, 0.25) is 5.02 Å². The van der Waals surface area contributed by atoms with Crippen LogP contribution in [0.4, 0.5) is 0 Å². The van der Waals surface area contributed by atoms with E-state index in [4.69, 9.17) is 21.1 Å². The number of hydrogen-bond donors (Lipinski definition) is 1. The highest BCUT2D eigenvalue weighted by Crippen LogP contribution is 2.36. The summed E-state index contributed by atoms with van der Waals surface area (Å²) in [6.07, 6.45) is -0.274. The summed E-state index contributed by atoms with van der Waals surface area (Å²) in [4.78, 5) is 15.2. The van der Waals surface area contributed by atoms with Crippen molar-refractivity contribution in [3.8, 4) is 22.6 Å². The molecule has 5 heteroatoms. The zero-order valence-corrected chi connectivity index (χ0v) is 12.2. The SMILES string of the molecule is O=C(O)Cc1nc(-c2ccccc2)c(-c2ccccc2Cl)o1. The monoisotopic (exact) mass is 313 g/mol. The van der Waals surface area contributed by atoms with Crippen LogP contribution in [0.3, 0.4) is 0 Å². The molecule has 0 amide bonds. The molecule has 1 aromatic heterocycles. The Bertz CT molecular complexity index is 812. The van der Waals surface area contributed by atoms with Gasteiger partial charge in [0.05, 0.1) is 5.02 Å². The fraction of sp³-hybridized carbons (Fsp3) is 0.0588. The predicted octanol–water partition coefficient (Wildman–Crippen LogP) is 4.29. The molecular weight excluding hydrogens is 302 g/mol. The number of carboxylic acids is 1. The zero-order valence-electron chi connectivity index (χ0n) is 11.5. The van der Waals surface area contributed by atoms with E-state index in [0.29, 0.717) is 22.0 Å². The summed E-state index contributed by atoms with van der Waals surface area (Å²) in [5, 5.41) is 9.46. The number of rotatable bonds is 4. The molecule has 0 saturated heterocycles. The summed E-state index contributed by atoms with van der Waals surface area (Å²) in [5.74, 6) is -0.360. The summed E-state index contributed by atoms with van der Waals surface area (Å²) in [5.41, 5.74) is 2.12. The molecule has 0 aliphatic carbocycles. The number of carbonyl (C=O) groups is 1. The van der Waals surface area contributed by atoms with Gasteiger partial charge in [-0.25, -0.2) is 4.98 Å². The van der Waals surface area contributed by atoms with Gasteiger partial charge in [-0.3, -0.25) is 4.79 Å². The molecule has 1 N–H and O–H groups in total. The number of aliphatic carboxylic acids is 1. The van der Waals surface area contributed by atoms with Gasteiger partial charge in [0, 0.05) is 11.1 Å². The lowest BCUT2D eigenvalue weighted by molar-refractivity contribution is -0.136. The lowest BCUT2D eigenvalue weighted by Crippen LogP contribution is -1.99. The molecule has 22 heavy (non-hydrogen) atoms. The van der Waals surface area contributed by atoms with E-state index < -0.39 is 5.97 Å². The molecule has 0 radical (unpaired) electrons. The second kappa shape index (κ2) is 6.03. The van der Waals surface area contributed by atoms with Gasteiger partial charge in [0.15, 0.2) is 5.76 Å². The van der Waals surface area contributed by atoms with Gasteiger partial charge in [-0.2, -0.15) is 0 Å². The van der Waals surface area contributed by atoms with E-state index in [1.54, 1.807) is 6.07 Å². The molecule has 0 spiro atoms. The average molecular weight is 314 g/mol. The van der Waals surface area contributed by atoms with E-state index in [-0.39, 0.29) is 12.3 Å². The first-order valence-electron chi connectivity index (χ1n) is 6.67. The van der Waals surface area contributed by atoms with Gasteiger partial charge < -0.3 is 9.52 Å². The zero-order chi connectivity index (χ0) is 15.5. The van der Waals surface area contributed by atoms with Crippen LogP contribution in [0.1, 0.15) is 5.89 Å². The lowest BCUT2D eigenvalue weighted by atomic mass is 10.1. The van der Waals surface area contributed by atoms with Gasteiger partial charge in [-0.1, -0.05) is 54.1 Å². The van der Waals surface area contributed by atoms with Crippen molar-refractivity contribution in [1.82, 2.24) is 4.98 Å². The van der Waals surface area contributed by atoms with Crippen molar-refractivity contribution >= 4 is 17.6 Å². The first-order chi connectivity index (χ1) is 10.6. The van der Waals surface area contributed by atoms with Crippen molar-refractivity contribution in [3.63, 3.8) is 0 Å². The quantitative estimate of drug-likeness (QED) is 0.780. The molecule has 0 unspecified atom stereocenters. The smallest absolute Gasteiger partial charge is 0.312 e. The molecule has 3 aromatic rings. The molecule has 110 valence electrons. The number of hydrogen-bond acceptors (Lipinski definition) is 3. The van der Waals surface area contributed by atoms with Gasteiger partial charge in [-0.15, -0.1) is 0 Å². The average Bonchev–Trinajstić information content (AvgIpc) is 2.91. The molecule has 4 nitrogen and oxygen atoms in total. The molecule has 2 aromatic carbocycles. The molecule has 0 fully saturated rings. The Labute approximate surface area is 132 Å². The van der Waals surface area contributed by atoms with E-state index in [1.165, 1.54) is 0 Å². The van der Waals surface area contributed by atoms with E-state index in [0.717, 1.165) is 5.56 Å². The van der Waals surface area contributed by atoms with Crippen LogP contribution < -0.4 is 0 Å².